The first-order valence-corrected chi connectivity index (χ1v) is 7.54. The molecule has 0 unspecified atom stereocenters. The van der Waals surface area contributed by atoms with Crippen molar-refractivity contribution in [2.45, 2.75) is 17.9 Å². The van der Waals surface area contributed by atoms with Gasteiger partial charge in [-0.05, 0) is 24.8 Å². The Kier molecular flexibility index (Phi) is 5.06. The molecule has 0 aliphatic rings. The maximum atomic E-state index is 11.4. The van der Waals surface area contributed by atoms with Crippen molar-refractivity contribution < 1.29 is 9.90 Å². The molecule has 0 bridgehead atoms. The maximum Gasteiger partial charge on any atom is 0.338 e. The number of aromatic nitrogens is 2. The highest BCUT2D eigenvalue weighted by Gasteiger charge is 2.14. The van der Waals surface area contributed by atoms with E-state index in [0.29, 0.717) is 11.3 Å². The summed E-state index contributed by atoms with van der Waals surface area (Å²) in [5.74, 6) is -0.896. The van der Waals surface area contributed by atoms with Gasteiger partial charge in [-0.15, -0.1) is 11.8 Å². The van der Waals surface area contributed by atoms with Crippen LogP contribution >= 0.6 is 11.8 Å². The smallest absolute Gasteiger partial charge is 0.338 e. The number of nitrogens with zero attached hydrogens (tertiary/aromatic N) is 2. The SMILES string of the molecule is CSc1cccc(NCCCn2ccnc2)c1C(=O)O. The van der Waals surface area contributed by atoms with Gasteiger partial charge in [0.05, 0.1) is 11.9 Å². The van der Waals surface area contributed by atoms with Crippen LogP contribution in [0.3, 0.4) is 0 Å². The van der Waals surface area contributed by atoms with Gasteiger partial charge in [0, 0.05) is 36.1 Å². The summed E-state index contributed by atoms with van der Waals surface area (Å²) in [6, 6.07) is 5.50. The average molecular weight is 291 g/mol. The molecule has 0 spiro atoms. The minimum absolute atomic E-state index is 0.350. The molecule has 2 aromatic rings. The summed E-state index contributed by atoms with van der Waals surface area (Å²) in [6.07, 6.45) is 8.22. The normalized spacial score (nSPS) is 10.4. The van der Waals surface area contributed by atoms with Gasteiger partial charge in [0.25, 0.3) is 0 Å². The van der Waals surface area contributed by atoms with Crippen LogP contribution in [-0.2, 0) is 6.54 Å². The number of hydrogen-bond donors (Lipinski definition) is 2. The van der Waals surface area contributed by atoms with Crippen molar-refractivity contribution in [1.29, 1.82) is 0 Å². The van der Waals surface area contributed by atoms with Gasteiger partial charge in [-0.3, -0.25) is 0 Å². The van der Waals surface area contributed by atoms with Gasteiger partial charge in [-0.2, -0.15) is 0 Å². The zero-order valence-electron chi connectivity index (χ0n) is 11.2. The molecule has 0 saturated carbocycles. The third-order valence-electron chi connectivity index (χ3n) is 2.93. The highest BCUT2D eigenvalue weighted by molar-refractivity contribution is 7.98. The Morgan fingerprint density at radius 3 is 3.00 bits per heavy atom. The largest absolute Gasteiger partial charge is 0.478 e. The molecule has 2 rings (SSSR count). The van der Waals surface area contributed by atoms with Crippen LogP contribution in [0.15, 0.2) is 41.8 Å². The molecule has 6 heteroatoms. The molecular formula is C14H17N3O2S. The maximum absolute atomic E-state index is 11.4. The number of thioether (sulfide) groups is 1. The number of rotatable bonds is 7. The van der Waals surface area contributed by atoms with Crippen molar-refractivity contribution in [1.82, 2.24) is 9.55 Å². The topological polar surface area (TPSA) is 67.2 Å². The van der Waals surface area contributed by atoms with E-state index in [1.165, 1.54) is 11.8 Å². The molecular weight excluding hydrogens is 274 g/mol. The Hall–Kier alpha value is -1.95. The number of benzene rings is 1. The number of imidazole rings is 1. The number of nitrogens with one attached hydrogen (secondary N) is 1. The fourth-order valence-electron chi connectivity index (χ4n) is 1.97. The Labute approximate surface area is 122 Å². The number of aromatic carboxylic acids is 1. The predicted octanol–water partition coefficient (Wildman–Crippen LogP) is 2.81. The number of carboxylic acids is 1. The van der Waals surface area contributed by atoms with Crippen LogP contribution in [-0.4, -0.2) is 33.4 Å². The van der Waals surface area contributed by atoms with Crippen molar-refractivity contribution in [3.8, 4) is 0 Å². The Bertz CT molecular complexity index is 570. The summed E-state index contributed by atoms with van der Waals surface area (Å²) in [5.41, 5.74) is 1.03. The zero-order chi connectivity index (χ0) is 14.4. The third-order valence-corrected chi connectivity index (χ3v) is 3.71. The minimum Gasteiger partial charge on any atom is -0.478 e. The quantitative estimate of drug-likeness (QED) is 0.606. The van der Waals surface area contributed by atoms with E-state index in [4.69, 9.17) is 0 Å². The Morgan fingerprint density at radius 1 is 1.50 bits per heavy atom. The van der Waals surface area contributed by atoms with Crippen LogP contribution in [0.5, 0.6) is 0 Å². The molecule has 5 nitrogen and oxygen atoms in total. The Morgan fingerprint density at radius 2 is 2.35 bits per heavy atom. The molecule has 1 heterocycles. The van der Waals surface area contributed by atoms with Gasteiger partial charge < -0.3 is 15.0 Å². The first kappa shape index (κ1) is 14.5. The molecule has 106 valence electrons. The summed E-state index contributed by atoms with van der Waals surface area (Å²) >= 11 is 1.44. The van der Waals surface area contributed by atoms with Crippen LogP contribution in [0.2, 0.25) is 0 Å². The van der Waals surface area contributed by atoms with Gasteiger partial charge in [0.2, 0.25) is 0 Å². The molecule has 0 radical (unpaired) electrons. The lowest BCUT2D eigenvalue weighted by atomic mass is 10.1. The molecule has 2 N–H and O–H groups in total. The molecule has 1 aromatic carbocycles. The van der Waals surface area contributed by atoms with E-state index in [1.54, 1.807) is 18.6 Å². The zero-order valence-corrected chi connectivity index (χ0v) is 12.1. The number of hydrogen-bond acceptors (Lipinski definition) is 4. The first-order valence-electron chi connectivity index (χ1n) is 6.32. The van der Waals surface area contributed by atoms with Gasteiger partial charge >= 0.3 is 5.97 Å². The van der Waals surface area contributed by atoms with Crippen molar-refractivity contribution in [2.75, 3.05) is 18.1 Å². The lowest BCUT2D eigenvalue weighted by Gasteiger charge is -2.12. The number of carbonyl (C=O) groups is 1. The summed E-state index contributed by atoms with van der Waals surface area (Å²) in [6.45, 7) is 1.58. The van der Waals surface area contributed by atoms with E-state index in [2.05, 4.69) is 10.3 Å². The summed E-state index contributed by atoms with van der Waals surface area (Å²) < 4.78 is 2.00. The first-order chi connectivity index (χ1) is 9.72. The fraction of sp³-hybridized carbons (Fsp3) is 0.286. The molecule has 0 atom stereocenters. The van der Waals surface area contributed by atoms with Crippen molar-refractivity contribution in [2.24, 2.45) is 0 Å². The monoisotopic (exact) mass is 291 g/mol. The lowest BCUT2D eigenvalue weighted by Crippen LogP contribution is -2.10. The predicted molar refractivity (Wildman–Crippen MR) is 80.5 cm³/mol. The van der Waals surface area contributed by atoms with Gasteiger partial charge in [0.15, 0.2) is 0 Å². The molecule has 1 aromatic heterocycles. The van der Waals surface area contributed by atoms with Crippen LogP contribution in [0.1, 0.15) is 16.8 Å². The van der Waals surface area contributed by atoms with Crippen molar-refractivity contribution in [3.63, 3.8) is 0 Å². The number of anilines is 1. The molecule has 0 saturated heterocycles. The van der Waals surface area contributed by atoms with E-state index in [-0.39, 0.29) is 0 Å². The van der Waals surface area contributed by atoms with E-state index in [0.717, 1.165) is 24.4 Å². The molecule has 0 fully saturated rings. The van der Waals surface area contributed by atoms with Crippen molar-refractivity contribution >= 4 is 23.4 Å². The average Bonchev–Trinajstić information content (AvgIpc) is 2.96. The molecule has 0 amide bonds. The summed E-state index contributed by atoms with van der Waals surface area (Å²) in [4.78, 5) is 16.1. The highest BCUT2D eigenvalue weighted by Crippen LogP contribution is 2.27. The van der Waals surface area contributed by atoms with Gasteiger partial charge in [-0.1, -0.05) is 6.07 Å². The van der Waals surface area contributed by atoms with Crippen LogP contribution in [0, 0.1) is 0 Å². The number of carboxylic acid groups (broad SMARTS) is 1. The second-order valence-electron chi connectivity index (χ2n) is 4.27. The highest BCUT2D eigenvalue weighted by atomic mass is 32.2. The Balaban J connectivity index is 1.96. The van der Waals surface area contributed by atoms with E-state index < -0.39 is 5.97 Å². The van der Waals surface area contributed by atoms with Crippen LogP contribution in [0.25, 0.3) is 0 Å². The number of aryl methyl sites for hydroxylation is 1. The van der Waals surface area contributed by atoms with E-state index >= 15 is 0 Å². The van der Waals surface area contributed by atoms with E-state index in [1.807, 2.05) is 29.2 Å². The van der Waals surface area contributed by atoms with E-state index in [9.17, 15) is 9.90 Å². The molecule has 0 aliphatic carbocycles. The standard InChI is InChI=1S/C14H17N3O2S/c1-20-12-5-2-4-11(13(12)14(18)19)16-6-3-8-17-9-7-15-10-17/h2,4-5,7,9-10,16H,3,6,8H2,1H3,(H,18,19). The summed E-state index contributed by atoms with van der Waals surface area (Å²) in [5, 5.41) is 12.5. The third kappa shape index (κ3) is 3.54. The minimum atomic E-state index is -0.896. The second kappa shape index (κ2) is 7.00. The van der Waals surface area contributed by atoms with Crippen molar-refractivity contribution in [3.05, 3.63) is 42.5 Å². The molecule has 20 heavy (non-hydrogen) atoms. The van der Waals surface area contributed by atoms with Gasteiger partial charge in [0.1, 0.15) is 0 Å². The second-order valence-corrected chi connectivity index (χ2v) is 5.12. The van der Waals surface area contributed by atoms with Crippen LogP contribution < -0.4 is 5.32 Å². The fourth-order valence-corrected chi connectivity index (χ4v) is 2.59. The lowest BCUT2D eigenvalue weighted by molar-refractivity contribution is 0.0694. The van der Waals surface area contributed by atoms with Crippen LogP contribution in [0.4, 0.5) is 5.69 Å². The van der Waals surface area contributed by atoms with Gasteiger partial charge in [-0.25, -0.2) is 9.78 Å². The molecule has 0 aliphatic heterocycles. The summed E-state index contributed by atoms with van der Waals surface area (Å²) in [7, 11) is 0.